The number of nitrogens with one attached hydrogen (secondary N) is 4. The lowest BCUT2D eigenvalue weighted by atomic mass is 9.97. The number of hydrogen-bond donors (Lipinski definition) is 5. The number of amides is 6. The summed E-state index contributed by atoms with van der Waals surface area (Å²) >= 11 is 0. The maximum Gasteiger partial charge on any atom is 0.408 e. The molecule has 1 aromatic rings. The van der Waals surface area contributed by atoms with Crippen molar-refractivity contribution in [3.05, 3.63) is 35.9 Å². The van der Waals surface area contributed by atoms with E-state index < -0.39 is 134 Å². The number of carbonyl (C=O) groups is 7. The fourth-order valence-corrected chi connectivity index (χ4v) is 9.69. The minimum absolute atomic E-state index is 0.0261. The van der Waals surface area contributed by atoms with Gasteiger partial charge in [0.15, 0.2) is 14.4 Å². The first-order valence-corrected chi connectivity index (χ1v) is 25.9. The number of benzene rings is 1. The average molecular weight is 947 g/mol. The van der Waals surface area contributed by atoms with E-state index in [2.05, 4.69) is 21.3 Å². The van der Waals surface area contributed by atoms with Crippen LogP contribution < -0.4 is 21.3 Å². The van der Waals surface area contributed by atoms with E-state index in [1.165, 1.54) is 4.90 Å². The molecule has 5 N–H and O–H groups in total. The molecule has 2 heterocycles. The van der Waals surface area contributed by atoms with Gasteiger partial charge in [-0.2, -0.15) is 0 Å². The minimum atomic E-state index is -2.58. The van der Waals surface area contributed by atoms with Crippen LogP contribution in [0, 0.1) is 17.8 Å². The highest BCUT2D eigenvalue weighted by molar-refractivity contribution is 6.74. The van der Waals surface area contributed by atoms with E-state index in [9.17, 15) is 38.7 Å². The Hall–Kier alpha value is -4.59. The first kappa shape index (κ1) is 55.7. The molecule has 0 aliphatic carbocycles. The lowest BCUT2D eigenvalue weighted by molar-refractivity contribution is -0.159. The van der Waals surface area contributed by atoms with Gasteiger partial charge in [-0.3, -0.25) is 33.8 Å². The average Bonchev–Trinajstić information content (AvgIpc) is 3.59. The Balaban J connectivity index is 1.97. The normalized spacial score (nSPS) is 22.9. The summed E-state index contributed by atoms with van der Waals surface area (Å²) in [6, 6.07) is 1.47. The van der Waals surface area contributed by atoms with Gasteiger partial charge in [0.2, 0.25) is 29.5 Å². The molecule has 9 atom stereocenters. The number of carboxylic acid groups (broad SMARTS) is 1. The van der Waals surface area contributed by atoms with Gasteiger partial charge < -0.3 is 45.0 Å². The van der Waals surface area contributed by atoms with Crippen molar-refractivity contribution in [3.8, 4) is 0 Å². The molecule has 1 aromatic carbocycles. The van der Waals surface area contributed by atoms with E-state index in [1.807, 2.05) is 52.1 Å². The fourth-order valence-electron chi connectivity index (χ4n) is 8.27. The van der Waals surface area contributed by atoms with Crippen LogP contribution >= 0.6 is 0 Å². The summed E-state index contributed by atoms with van der Waals surface area (Å²) in [4.78, 5) is 100. The van der Waals surface area contributed by atoms with Gasteiger partial charge in [-0.1, -0.05) is 92.6 Å². The van der Waals surface area contributed by atoms with E-state index in [-0.39, 0.29) is 11.6 Å². The molecule has 3 rings (SSSR count). The second kappa shape index (κ2) is 21.6. The number of aliphatic carboxylic acids is 1. The van der Waals surface area contributed by atoms with Gasteiger partial charge in [0.25, 0.3) is 0 Å². The molecule has 18 nitrogen and oxygen atoms in total. The molecule has 0 spiro atoms. The van der Waals surface area contributed by atoms with Crippen molar-refractivity contribution in [2.24, 2.45) is 17.8 Å². The molecule has 372 valence electrons. The van der Waals surface area contributed by atoms with Crippen molar-refractivity contribution < 1.29 is 57.3 Å². The van der Waals surface area contributed by atoms with Crippen molar-refractivity contribution in [3.63, 3.8) is 0 Å². The zero-order valence-corrected chi connectivity index (χ0v) is 43.4. The molecule has 0 radical (unpaired) electrons. The number of carboxylic acids is 1. The summed E-state index contributed by atoms with van der Waals surface area (Å²) in [5, 5.41) is 20.9. The van der Waals surface area contributed by atoms with E-state index in [0.29, 0.717) is 0 Å². The molecule has 0 aromatic heterocycles. The summed E-state index contributed by atoms with van der Waals surface area (Å²) in [6.45, 7) is 31.7. The second-order valence-electron chi connectivity index (χ2n) is 21.1. The molecule has 2 aliphatic rings. The highest BCUT2D eigenvalue weighted by Crippen LogP contribution is 2.38. The lowest BCUT2D eigenvalue weighted by Crippen LogP contribution is -2.65. The molecular weight excluding hydrogens is 869 g/mol. The highest BCUT2D eigenvalue weighted by atomic mass is 28.4. The monoisotopic (exact) mass is 947 g/mol. The maximum absolute atomic E-state index is 15.0. The maximum atomic E-state index is 15.0. The third kappa shape index (κ3) is 13.1. The van der Waals surface area contributed by atoms with Gasteiger partial charge in [-0.25, -0.2) is 9.59 Å². The number of nitrogens with zero attached hydrogens (tertiary/aromatic N) is 2. The summed E-state index contributed by atoms with van der Waals surface area (Å²) < 4.78 is 24.1. The molecule has 0 saturated carbocycles. The summed E-state index contributed by atoms with van der Waals surface area (Å²) in [6.07, 6.45) is -3.47. The van der Waals surface area contributed by atoms with E-state index in [1.54, 1.807) is 102 Å². The molecule has 2 fully saturated rings. The molecular formula is C47H78N6O12Si. The van der Waals surface area contributed by atoms with Crippen molar-refractivity contribution in [1.29, 1.82) is 0 Å². The number of ether oxygens (including phenoxy) is 3. The largest absolute Gasteiger partial charge is 0.480 e. The van der Waals surface area contributed by atoms with Crippen LogP contribution in [0.25, 0.3) is 0 Å². The Morgan fingerprint density at radius 1 is 0.682 bits per heavy atom. The van der Waals surface area contributed by atoms with E-state index in [4.69, 9.17) is 18.6 Å². The number of hydrogen-bond acceptors (Lipinski definition) is 11. The van der Waals surface area contributed by atoms with Crippen LogP contribution in [0.2, 0.25) is 18.1 Å². The Morgan fingerprint density at radius 3 is 1.56 bits per heavy atom. The Labute approximate surface area is 392 Å². The van der Waals surface area contributed by atoms with Crippen molar-refractivity contribution in [2.75, 3.05) is 0 Å². The zero-order chi connectivity index (χ0) is 50.6. The second-order valence-corrected chi connectivity index (χ2v) is 25.9. The van der Waals surface area contributed by atoms with Crippen LogP contribution in [0.3, 0.4) is 0 Å². The third-order valence-electron chi connectivity index (χ3n) is 12.8. The van der Waals surface area contributed by atoms with Crippen molar-refractivity contribution in [1.82, 2.24) is 31.1 Å². The van der Waals surface area contributed by atoms with Gasteiger partial charge in [-0.05, 0) is 89.9 Å². The SMILES string of the molecule is CC(C)[C@H](NC(=O)OCc1ccccc1)C(=O)N[C@H](C(=O)N[C@H](C(=O)N1[C@H](C(=O)N[C@H](C(=O)N2[C@H](C(=O)O)[C@@H](C)OC2(C)C)C(C)C)[C@@H](C)OC1(C)C)C(C)C)[C@@H](C)O[Si](C)(C)C(C)(C)C. The minimum Gasteiger partial charge on any atom is -0.480 e. The van der Waals surface area contributed by atoms with Crippen molar-refractivity contribution >= 4 is 49.9 Å². The lowest BCUT2D eigenvalue weighted by Gasteiger charge is -2.41. The predicted octanol–water partition coefficient (Wildman–Crippen LogP) is 4.90. The van der Waals surface area contributed by atoms with Gasteiger partial charge in [-0.15, -0.1) is 0 Å². The molecule has 2 aliphatic heterocycles. The quantitative estimate of drug-likeness (QED) is 0.124. The topological polar surface area (TPSA) is 231 Å². The molecule has 19 heteroatoms. The van der Waals surface area contributed by atoms with Gasteiger partial charge in [0.1, 0.15) is 48.3 Å². The Bertz CT molecular complexity index is 1920. The highest BCUT2D eigenvalue weighted by Gasteiger charge is 2.56. The Kier molecular flexibility index (Phi) is 18.2. The van der Waals surface area contributed by atoms with Gasteiger partial charge in [0.05, 0.1) is 18.3 Å². The smallest absolute Gasteiger partial charge is 0.408 e. The van der Waals surface area contributed by atoms with E-state index >= 15 is 0 Å². The fraction of sp³-hybridized carbons (Fsp3) is 0.723. The van der Waals surface area contributed by atoms with Crippen LogP contribution in [0.5, 0.6) is 0 Å². The standard InChI is InChI=1S/C47H78N6O12Si/c1-25(2)32(51-44(61)62-24-31-22-20-19-21-23-31)38(54)50-35(28(7)65-66(17,18)45(10,11)12)39(55)48-33(26(3)4)41(57)52-36(29(8)63-46(52,13)14)40(56)49-34(27(5)6)42(58)53-37(43(59)60)30(9)64-47(53,15)16/h19-23,25-30,32-37H,24H2,1-18H3,(H,48,55)(H,49,56)(H,50,54)(H,51,61)(H,59,60)/t28-,29-,30-,32+,33+,34+,35+,36+,37+/m1/s1. The number of carbonyl (C=O) groups excluding carboxylic acids is 6. The molecule has 6 amide bonds. The third-order valence-corrected chi connectivity index (χ3v) is 17.4. The van der Waals surface area contributed by atoms with Crippen LogP contribution in [0.4, 0.5) is 4.79 Å². The number of alkyl carbamates (subject to hydrolysis) is 1. The summed E-state index contributed by atoms with van der Waals surface area (Å²) in [5.74, 6) is -6.27. The molecule has 0 unspecified atom stereocenters. The summed E-state index contributed by atoms with van der Waals surface area (Å²) in [5.41, 5.74) is -1.94. The first-order valence-electron chi connectivity index (χ1n) is 23.0. The predicted molar refractivity (Wildman–Crippen MR) is 250 cm³/mol. The van der Waals surface area contributed by atoms with Crippen LogP contribution in [0.1, 0.15) is 116 Å². The van der Waals surface area contributed by atoms with E-state index in [0.717, 1.165) is 10.5 Å². The number of rotatable bonds is 18. The molecule has 0 bridgehead atoms. The van der Waals surface area contributed by atoms with Crippen molar-refractivity contribution in [2.45, 2.75) is 202 Å². The Morgan fingerprint density at radius 2 is 1.11 bits per heavy atom. The van der Waals surface area contributed by atoms with Gasteiger partial charge >= 0.3 is 12.1 Å². The first-order chi connectivity index (χ1) is 30.2. The zero-order valence-electron chi connectivity index (χ0n) is 42.4. The van der Waals surface area contributed by atoms with Crippen LogP contribution in [-0.2, 0) is 54.0 Å². The van der Waals surface area contributed by atoms with Gasteiger partial charge in [0, 0.05) is 0 Å². The van der Waals surface area contributed by atoms with Crippen LogP contribution in [0.15, 0.2) is 30.3 Å². The van der Waals surface area contributed by atoms with Crippen LogP contribution in [-0.4, -0.2) is 131 Å². The summed E-state index contributed by atoms with van der Waals surface area (Å²) in [7, 11) is -2.58. The molecule has 66 heavy (non-hydrogen) atoms. The molecule has 2 saturated heterocycles.